The zero-order valence-electron chi connectivity index (χ0n) is 15.4. The lowest BCUT2D eigenvalue weighted by atomic mass is 9.99. The molecule has 7 heteroatoms. The maximum absolute atomic E-state index is 14.4. The summed E-state index contributed by atoms with van der Waals surface area (Å²) in [6.07, 6.45) is 2.00. The van der Waals surface area contributed by atoms with Gasteiger partial charge in [0, 0.05) is 30.6 Å². The molecule has 0 spiro atoms. The molecule has 1 aromatic carbocycles. The second-order valence-electron chi connectivity index (χ2n) is 7.78. The average molecular weight is 380 g/mol. The van der Waals surface area contributed by atoms with Crippen molar-refractivity contribution in [2.75, 3.05) is 19.8 Å². The van der Waals surface area contributed by atoms with Crippen molar-refractivity contribution in [2.24, 2.45) is 5.41 Å². The lowest BCUT2D eigenvalue weighted by molar-refractivity contribution is 0.1000. The highest BCUT2D eigenvalue weighted by molar-refractivity contribution is 7.99. The monoisotopic (exact) mass is 380 g/mol. The van der Waals surface area contributed by atoms with Gasteiger partial charge in [-0.05, 0) is 18.3 Å². The van der Waals surface area contributed by atoms with E-state index in [1.54, 1.807) is 17.8 Å². The molecule has 0 unspecified atom stereocenters. The van der Waals surface area contributed by atoms with Crippen LogP contribution in [0.1, 0.15) is 39.4 Å². The number of nitrogens with one attached hydrogen (secondary N) is 1. The molecule has 0 saturated carbocycles. The number of benzene rings is 1. The molecule has 26 heavy (non-hydrogen) atoms. The van der Waals surface area contributed by atoms with Gasteiger partial charge in [-0.1, -0.05) is 20.8 Å². The first-order valence-corrected chi connectivity index (χ1v) is 9.91. The van der Waals surface area contributed by atoms with E-state index in [1.807, 2.05) is 20.8 Å². The van der Waals surface area contributed by atoms with E-state index in [0.29, 0.717) is 34.7 Å². The molecule has 1 aliphatic rings. The number of rotatable bonds is 5. The predicted octanol–water partition coefficient (Wildman–Crippen LogP) is 3.90. The molecule has 142 valence electrons. The molecule has 1 N–H and O–H groups in total. The van der Waals surface area contributed by atoms with Crippen LogP contribution in [-0.4, -0.2) is 35.0 Å². The molecule has 2 aromatic rings. The summed E-state index contributed by atoms with van der Waals surface area (Å²) in [6, 6.07) is 2.89. The van der Waals surface area contributed by atoms with Crippen LogP contribution in [0, 0.1) is 11.2 Å². The van der Waals surface area contributed by atoms with E-state index in [-0.39, 0.29) is 10.8 Å². The van der Waals surface area contributed by atoms with Gasteiger partial charge in [-0.15, -0.1) is 0 Å². The maximum atomic E-state index is 14.4. The molecular weight excluding hydrogens is 355 g/mol. The van der Waals surface area contributed by atoms with Crippen LogP contribution in [0.5, 0.6) is 5.75 Å². The first-order chi connectivity index (χ1) is 12.3. The second kappa shape index (κ2) is 7.96. The van der Waals surface area contributed by atoms with Gasteiger partial charge in [0.2, 0.25) is 0 Å². The molecule has 1 fully saturated rings. The van der Waals surface area contributed by atoms with E-state index in [1.165, 1.54) is 6.07 Å². The molecule has 1 saturated heterocycles. The fourth-order valence-corrected chi connectivity index (χ4v) is 3.79. The number of hydrogen-bond acceptors (Lipinski definition) is 5. The van der Waals surface area contributed by atoms with Crippen LogP contribution in [0.4, 0.5) is 4.39 Å². The Bertz CT molecular complexity index is 826. The molecule has 0 aliphatic carbocycles. The largest absolute Gasteiger partial charge is 0.493 e. The minimum atomic E-state index is -0.608. The van der Waals surface area contributed by atoms with Gasteiger partial charge >= 0.3 is 0 Å². The quantitative estimate of drug-likeness (QED) is 0.852. The van der Waals surface area contributed by atoms with Gasteiger partial charge < -0.3 is 14.5 Å². The molecule has 3 rings (SSSR count). The molecule has 0 atom stereocenters. The maximum Gasteiger partial charge on any atom is 0.261 e. The number of hydrogen-bond donors (Lipinski definition) is 1. The first-order valence-electron chi connectivity index (χ1n) is 8.86. The van der Waals surface area contributed by atoms with E-state index in [0.717, 1.165) is 26.1 Å². The van der Waals surface area contributed by atoms with Crippen LogP contribution >= 0.6 is 11.8 Å². The van der Waals surface area contributed by atoms with Gasteiger partial charge in [0.1, 0.15) is 22.8 Å². The topological polar surface area (TPSA) is 64.2 Å². The lowest BCUT2D eigenvalue weighted by Gasteiger charge is -2.21. The number of fused-ring (bicyclic) bond motifs is 1. The van der Waals surface area contributed by atoms with Gasteiger partial charge in [-0.2, -0.15) is 11.8 Å². The summed E-state index contributed by atoms with van der Waals surface area (Å²) in [4.78, 5) is 19.5. The van der Waals surface area contributed by atoms with Crippen molar-refractivity contribution >= 4 is 22.7 Å². The van der Waals surface area contributed by atoms with Gasteiger partial charge in [0.15, 0.2) is 0 Å². The molecule has 0 radical (unpaired) electrons. The smallest absolute Gasteiger partial charge is 0.261 e. The molecule has 5 nitrogen and oxygen atoms in total. The average Bonchev–Trinajstić information content (AvgIpc) is 2.58. The first kappa shape index (κ1) is 19.2. The molecule has 1 aliphatic heterocycles. The summed E-state index contributed by atoms with van der Waals surface area (Å²) in [5, 5.41) is 0.482. The van der Waals surface area contributed by atoms with Crippen molar-refractivity contribution in [1.29, 1.82) is 0 Å². The Balaban J connectivity index is 1.81. The summed E-state index contributed by atoms with van der Waals surface area (Å²) >= 11 is 1.75. The highest BCUT2D eigenvalue weighted by atomic mass is 32.2. The Labute approximate surface area is 156 Å². The minimum Gasteiger partial charge on any atom is -0.493 e. The zero-order valence-corrected chi connectivity index (χ0v) is 16.2. The molecule has 0 amide bonds. The van der Waals surface area contributed by atoms with Crippen molar-refractivity contribution in [3.63, 3.8) is 0 Å². The summed E-state index contributed by atoms with van der Waals surface area (Å²) in [6.45, 7) is 8.13. The van der Waals surface area contributed by atoms with Gasteiger partial charge in [0.25, 0.3) is 5.56 Å². The minimum absolute atomic E-state index is 0.0204. The van der Waals surface area contributed by atoms with Crippen LogP contribution in [0.3, 0.4) is 0 Å². The van der Waals surface area contributed by atoms with Crippen molar-refractivity contribution in [1.82, 2.24) is 9.97 Å². The Morgan fingerprint density at radius 2 is 2.08 bits per heavy atom. The van der Waals surface area contributed by atoms with Gasteiger partial charge in [-0.25, -0.2) is 9.37 Å². The van der Waals surface area contributed by atoms with Crippen LogP contribution in [0.2, 0.25) is 0 Å². The summed E-state index contributed by atoms with van der Waals surface area (Å²) in [5.74, 6) is 0.936. The third-order valence-corrected chi connectivity index (χ3v) is 5.46. The fraction of sp³-hybridized carbons (Fsp3) is 0.579. The molecule has 1 aromatic heterocycles. The standard InChI is InChI=1S/C19H25FN2O3S/c1-19(2,3)11-25-12-8-14(20)17-15(9-12)21-16(22-18(17)23)10-26-13-4-6-24-7-5-13/h8-9,13H,4-7,10-11H2,1-3H3,(H,21,22,23). The summed E-state index contributed by atoms with van der Waals surface area (Å²) in [7, 11) is 0. The lowest BCUT2D eigenvalue weighted by Crippen LogP contribution is -2.19. The number of nitrogens with zero attached hydrogens (tertiary/aromatic N) is 1. The van der Waals surface area contributed by atoms with Crippen LogP contribution in [0.15, 0.2) is 16.9 Å². The van der Waals surface area contributed by atoms with Crippen molar-refractivity contribution < 1.29 is 13.9 Å². The van der Waals surface area contributed by atoms with E-state index in [2.05, 4.69) is 9.97 Å². The van der Waals surface area contributed by atoms with Crippen molar-refractivity contribution in [2.45, 2.75) is 44.6 Å². The van der Waals surface area contributed by atoms with Crippen LogP contribution in [-0.2, 0) is 10.5 Å². The van der Waals surface area contributed by atoms with Gasteiger partial charge in [-0.3, -0.25) is 4.79 Å². The van der Waals surface area contributed by atoms with E-state index in [9.17, 15) is 9.18 Å². The Kier molecular flexibility index (Phi) is 5.87. The van der Waals surface area contributed by atoms with Gasteiger partial charge in [0.05, 0.1) is 17.9 Å². The molecule has 2 heterocycles. The number of thioether (sulfide) groups is 1. The van der Waals surface area contributed by atoms with Crippen LogP contribution < -0.4 is 10.3 Å². The second-order valence-corrected chi connectivity index (χ2v) is 9.07. The number of aromatic nitrogens is 2. The third-order valence-electron chi connectivity index (χ3n) is 4.08. The summed E-state index contributed by atoms with van der Waals surface area (Å²) in [5.41, 5.74) is -0.156. The van der Waals surface area contributed by atoms with E-state index < -0.39 is 11.4 Å². The highest BCUT2D eigenvalue weighted by Gasteiger charge is 2.17. The predicted molar refractivity (Wildman–Crippen MR) is 102 cm³/mol. The highest BCUT2D eigenvalue weighted by Crippen LogP contribution is 2.26. The van der Waals surface area contributed by atoms with Crippen LogP contribution in [0.25, 0.3) is 10.9 Å². The third kappa shape index (κ3) is 4.98. The Hall–Kier alpha value is -1.60. The number of H-pyrrole nitrogens is 1. The van der Waals surface area contributed by atoms with E-state index in [4.69, 9.17) is 9.47 Å². The fourth-order valence-electron chi connectivity index (χ4n) is 2.74. The normalized spacial score (nSPS) is 16.2. The zero-order chi connectivity index (χ0) is 18.7. The Morgan fingerprint density at radius 1 is 1.35 bits per heavy atom. The number of halogens is 1. The molecule has 0 bridgehead atoms. The molecular formula is C19H25FN2O3S. The number of ether oxygens (including phenoxy) is 2. The summed E-state index contributed by atoms with van der Waals surface area (Å²) < 4.78 is 25.4. The Morgan fingerprint density at radius 3 is 2.77 bits per heavy atom. The number of aromatic amines is 1. The SMILES string of the molecule is CC(C)(C)COc1cc(F)c2c(=O)[nH]c(CSC3CCOCC3)nc2c1. The van der Waals surface area contributed by atoms with E-state index >= 15 is 0 Å². The van der Waals surface area contributed by atoms with Crippen molar-refractivity contribution in [3.8, 4) is 5.75 Å². The van der Waals surface area contributed by atoms with Crippen molar-refractivity contribution in [3.05, 3.63) is 34.1 Å².